The lowest BCUT2D eigenvalue weighted by Gasteiger charge is -2.35. The van der Waals surface area contributed by atoms with Crippen LogP contribution < -0.4 is 10.6 Å². The third kappa shape index (κ3) is 4.91. The summed E-state index contributed by atoms with van der Waals surface area (Å²) in [5.74, 6) is 1.90. The van der Waals surface area contributed by atoms with Crippen molar-refractivity contribution in [3.8, 4) is 0 Å². The van der Waals surface area contributed by atoms with Crippen LogP contribution in [0.25, 0.3) is 0 Å². The average Bonchev–Trinajstić information content (AvgIpc) is 3.45. The maximum Gasteiger partial charge on any atom is 0.321 e. The minimum Gasteiger partial charge on any atom is -0.368 e. The molecule has 2 N–H and O–H groups in total. The van der Waals surface area contributed by atoms with Gasteiger partial charge in [-0.15, -0.1) is 0 Å². The molecule has 0 aromatic heterocycles. The molecule has 0 radical (unpaired) electrons. The molecule has 2 saturated carbocycles. The van der Waals surface area contributed by atoms with Gasteiger partial charge >= 0.3 is 6.03 Å². The number of hydrogen-bond donors (Lipinski definition) is 2. The monoisotopic (exact) mass is 406 g/mol. The van der Waals surface area contributed by atoms with E-state index in [-0.39, 0.29) is 30.5 Å². The van der Waals surface area contributed by atoms with Crippen molar-refractivity contribution in [1.29, 1.82) is 0 Å². The zero-order valence-electron chi connectivity index (χ0n) is 17.4. The Morgan fingerprint density at radius 2 is 1.86 bits per heavy atom. The van der Waals surface area contributed by atoms with E-state index in [1.165, 1.54) is 25.7 Å². The Balaban J connectivity index is 1.14. The highest BCUT2D eigenvalue weighted by Crippen LogP contribution is 2.49. The van der Waals surface area contributed by atoms with E-state index in [1.807, 2.05) is 9.80 Å². The molecule has 8 nitrogen and oxygen atoms in total. The van der Waals surface area contributed by atoms with Crippen molar-refractivity contribution in [3.05, 3.63) is 0 Å². The van der Waals surface area contributed by atoms with Gasteiger partial charge in [0.2, 0.25) is 5.91 Å². The predicted molar refractivity (Wildman–Crippen MR) is 107 cm³/mol. The quantitative estimate of drug-likeness (QED) is 0.710. The number of urea groups is 1. The molecule has 29 heavy (non-hydrogen) atoms. The summed E-state index contributed by atoms with van der Waals surface area (Å²) < 4.78 is 5.47. The molecule has 162 valence electrons. The van der Waals surface area contributed by atoms with Gasteiger partial charge in [-0.25, -0.2) is 4.79 Å². The number of carbonyl (C=O) groups excluding carboxylic acids is 3. The molecule has 2 bridgehead atoms. The fourth-order valence-corrected chi connectivity index (χ4v) is 5.73. The average molecular weight is 407 g/mol. The Morgan fingerprint density at radius 3 is 2.48 bits per heavy atom. The maximum atomic E-state index is 12.4. The predicted octanol–water partition coefficient (Wildman–Crippen LogP) is 0.960. The second kappa shape index (κ2) is 9.00. The Labute approximate surface area is 172 Å². The zero-order valence-corrected chi connectivity index (χ0v) is 17.4. The van der Waals surface area contributed by atoms with Crippen LogP contribution in [0, 0.1) is 17.8 Å². The highest BCUT2D eigenvalue weighted by Gasteiger charge is 2.42. The summed E-state index contributed by atoms with van der Waals surface area (Å²) in [6, 6.07) is -0.289. The lowest BCUT2D eigenvalue weighted by molar-refractivity contribution is -0.142. The van der Waals surface area contributed by atoms with Gasteiger partial charge in [0.1, 0.15) is 6.10 Å². The number of nitrogens with zero attached hydrogens (tertiary/aromatic N) is 2. The van der Waals surface area contributed by atoms with Crippen molar-refractivity contribution in [1.82, 2.24) is 20.4 Å². The van der Waals surface area contributed by atoms with Crippen LogP contribution in [0.2, 0.25) is 0 Å². The van der Waals surface area contributed by atoms with E-state index in [9.17, 15) is 14.4 Å². The second-order valence-corrected chi connectivity index (χ2v) is 9.25. The van der Waals surface area contributed by atoms with Crippen LogP contribution in [0.4, 0.5) is 4.79 Å². The zero-order chi connectivity index (χ0) is 20.4. The summed E-state index contributed by atoms with van der Waals surface area (Å²) >= 11 is 0. The molecule has 4 aliphatic rings. The molecule has 2 aliphatic heterocycles. The number of imide groups is 1. The van der Waals surface area contributed by atoms with Crippen molar-refractivity contribution in [2.45, 2.75) is 57.6 Å². The molecule has 2 heterocycles. The van der Waals surface area contributed by atoms with Crippen molar-refractivity contribution in [2.75, 3.05) is 39.3 Å². The van der Waals surface area contributed by atoms with Crippen LogP contribution in [0.1, 0.15) is 45.4 Å². The standard InChI is InChI=1S/C21H34N4O4/c1-14(17-12-15-4-5-16(17)11-15)22-21(28)23-19(26)13-24-6-8-25(9-7-24)20(27)18-3-2-10-29-18/h14-18H,2-13H2,1H3,(H2,22,23,26,28). The minimum atomic E-state index is -0.391. The van der Waals surface area contributed by atoms with Crippen LogP contribution in [-0.2, 0) is 14.3 Å². The van der Waals surface area contributed by atoms with Gasteiger partial charge in [-0.05, 0) is 56.8 Å². The molecule has 4 fully saturated rings. The molecule has 8 heteroatoms. The van der Waals surface area contributed by atoms with E-state index in [0.717, 1.165) is 24.7 Å². The normalized spacial score (nSPS) is 32.9. The van der Waals surface area contributed by atoms with Crippen molar-refractivity contribution in [2.24, 2.45) is 17.8 Å². The summed E-state index contributed by atoms with van der Waals surface area (Å²) in [5, 5.41) is 5.45. The van der Waals surface area contributed by atoms with Crippen LogP contribution in [0.3, 0.4) is 0 Å². The van der Waals surface area contributed by atoms with E-state index in [1.54, 1.807) is 0 Å². The lowest BCUT2D eigenvalue weighted by Crippen LogP contribution is -2.54. The summed E-state index contributed by atoms with van der Waals surface area (Å²) in [4.78, 5) is 40.7. The Kier molecular flexibility index (Phi) is 6.39. The van der Waals surface area contributed by atoms with Crippen molar-refractivity contribution < 1.29 is 19.1 Å². The van der Waals surface area contributed by atoms with Gasteiger partial charge < -0.3 is 15.0 Å². The fraction of sp³-hybridized carbons (Fsp3) is 0.857. The fourth-order valence-electron chi connectivity index (χ4n) is 5.73. The van der Waals surface area contributed by atoms with Gasteiger partial charge in [-0.3, -0.25) is 19.8 Å². The van der Waals surface area contributed by atoms with Crippen molar-refractivity contribution in [3.63, 3.8) is 0 Å². The Morgan fingerprint density at radius 1 is 1.07 bits per heavy atom. The van der Waals surface area contributed by atoms with Gasteiger partial charge in [0.15, 0.2) is 0 Å². The van der Waals surface area contributed by atoms with E-state index in [2.05, 4.69) is 17.6 Å². The highest BCUT2D eigenvalue weighted by atomic mass is 16.5. The van der Waals surface area contributed by atoms with E-state index in [0.29, 0.717) is 38.7 Å². The molecule has 2 aliphatic carbocycles. The van der Waals surface area contributed by atoms with Crippen molar-refractivity contribution >= 4 is 17.8 Å². The number of fused-ring (bicyclic) bond motifs is 2. The number of ether oxygens (including phenoxy) is 1. The van der Waals surface area contributed by atoms with Gasteiger partial charge in [0.05, 0.1) is 6.54 Å². The largest absolute Gasteiger partial charge is 0.368 e. The number of amides is 4. The molecule has 4 amide bonds. The summed E-state index contributed by atoms with van der Waals surface area (Å²) in [5.41, 5.74) is 0. The van der Waals surface area contributed by atoms with Gasteiger partial charge in [0.25, 0.3) is 5.91 Å². The van der Waals surface area contributed by atoms with Crippen LogP contribution in [0.5, 0.6) is 0 Å². The first-order chi connectivity index (χ1) is 14.0. The Bertz CT molecular complexity index is 628. The number of carbonyl (C=O) groups is 3. The summed E-state index contributed by atoms with van der Waals surface area (Å²) in [6.07, 6.45) is 6.59. The highest BCUT2D eigenvalue weighted by molar-refractivity contribution is 5.95. The molecular formula is C21H34N4O4. The number of nitrogens with one attached hydrogen (secondary N) is 2. The molecule has 0 spiro atoms. The third-order valence-corrected chi connectivity index (χ3v) is 7.30. The molecule has 2 saturated heterocycles. The summed E-state index contributed by atoms with van der Waals surface area (Å²) in [7, 11) is 0. The summed E-state index contributed by atoms with van der Waals surface area (Å²) in [6.45, 7) is 5.36. The van der Waals surface area contributed by atoms with Crippen LogP contribution in [-0.4, -0.2) is 79.1 Å². The Hall–Kier alpha value is -1.67. The molecule has 0 aromatic rings. The van der Waals surface area contributed by atoms with Crippen LogP contribution >= 0.6 is 0 Å². The first-order valence-electron chi connectivity index (χ1n) is 11.2. The molecule has 4 rings (SSSR count). The SMILES string of the molecule is CC(NC(=O)NC(=O)CN1CCN(C(=O)C2CCCO2)CC1)C1CC2CCC1C2. The van der Waals surface area contributed by atoms with Gasteiger partial charge in [-0.2, -0.15) is 0 Å². The minimum absolute atomic E-state index is 0.0700. The molecule has 0 aromatic carbocycles. The molecular weight excluding hydrogens is 372 g/mol. The smallest absolute Gasteiger partial charge is 0.321 e. The third-order valence-electron chi connectivity index (χ3n) is 7.30. The maximum absolute atomic E-state index is 12.4. The first-order valence-corrected chi connectivity index (χ1v) is 11.2. The van der Waals surface area contributed by atoms with E-state index >= 15 is 0 Å². The first kappa shape index (κ1) is 20.6. The lowest BCUT2D eigenvalue weighted by atomic mass is 9.84. The number of piperazine rings is 1. The van der Waals surface area contributed by atoms with Gasteiger partial charge in [0, 0.05) is 38.8 Å². The van der Waals surface area contributed by atoms with Crippen LogP contribution in [0.15, 0.2) is 0 Å². The topological polar surface area (TPSA) is 91.0 Å². The number of rotatable bonds is 5. The molecule has 5 unspecified atom stereocenters. The second-order valence-electron chi connectivity index (χ2n) is 9.25. The molecule has 5 atom stereocenters. The van der Waals surface area contributed by atoms with Gasteiger partial charge in [-0.1, -0.05) is 6.42 Å². The number of hydrogen-bond acceptors (Lipinski definition) is 5. The van der Waals surface area contributed by atoms with E-state index in [4.69, 9.17) is 4.74 Å². The van der Waals surface area contributed by atoms with E-state index < -0.39 is 6.03 Å².